The number of benzene rings is 1. The van der Waals surface area contributed by atoms with E-state index in [1.807, 2.05) is 37.6 Å². The molecule has 0 saturated heterocycles. The first-order chi connectivity index (χ1) is 13.6. The largest absolute Gasteiger partial charge is 0.361 e. The molecule has 0 aliphatic heterocycles. The van der Waals surface area contributed by atoms with Crippen molar-refractivity contribution in [3.8, 4) is 0 Å². The number of hydrogen-bond acceptors (Lipinski definition) is 4. The van der Waals surface area contributed by atoms with Crippen LogP contribution in [-0.4, -0.2) is 33.4 Å². The molecule has 1 aromatic carbocycles. The molecule has 0 bridgehead atoms. The van der Waals surface area contributed by atoms with E-state index in [0.29, 0.717) is 23.2 Å². The second-order valence-corrected chi connectivity index (χ2v) is 7.72. The molecule has 1 saturated carbocycles. The van der Waals surface area contributed by atoms with E-state index in [1.54, 1.807) is 6.07 Å². The summed E-state index contributed by atoms with van der Waals surface area (Å²) in [6.07, 6.45) is 10.3. The standard InChI is InChI=1S/C21H24ClN5O/c1-13-24-10-14(11-25-13)19(27-15-4-2-3-5-15)12-26-21(28)17-6-7-18-16(20(17)22)8-9-23-18/h6-11,15,19,23,27H,2-5,12H2,1H3,(H,26,28). The van der Waals surface area contributed by atoms with Crippen LogP contribution in [0.25, 0.3) is 10.9 Å². The minimum absolute atomic E-state index is 0.0394. The van der Waals surface area contributed by atoms with Crippen LogP contribution in [0.3, 0.4) is 0 Å². The Bertz CT molecular complexity index is 963. The van der Waals surface area contributed by atoms with E-state index in [-0.39, 0.29) is 11.9 Å². The lowest BCUT2D eigenvalue weighted by Gasteiger charge is -2.23. The SMILES string of the molecule is Cc1ncc(C(CNC(=O)c2ccc3[nH]ccc3c2Cl)NC2CCCC2)cn1. The minimum atomic E-state index is -0.181. The van der Waals surface area contributed by atoms with E-state index >= 15 is 0 Å². The summed E-state index contributed by atoms with van der Waals surface area (Å²) >= 11 is 6.45. The molecule has 6 nitrogen and oxygen atoms in total. The van der Waals surface area contributed by atoms with Gasteiger partial charge in [0, 0.05) is 47.6 Å². The van der Waals surface area contributed by atoms with Crippen molar-refractivity contribution in [2.45, 2.75) is 44.7 Å². The zero-order chi connectivity index (χ0) is 19.5. The molecule has 1 fully saturated rings. The normalized spacial score (nSPS) is 15.8. The zero-order valence-electron chi connectivity index (χ0n) is 15.8. The molecule has 1 atom stereocenters. The van der Waals surface area contributed by atoms with Crippen LogP contribution >= 0.6 is 11.6 Å². The summed E-state index contributed by atoms with van der Waals surface area (Å²) in [6.45, 7) is 2.31. The van der Waals surface area contributed by atoms with E-state index in [1.165, 1.54) is 12.8 Å². The summed E-state index contributed by atoms with van der Waals surface area (Å²) in [5.74, 6) is 0.554. The smallest absolute Gasteiger partial charge is 0.252 e. The predicted octanol–water partition coefficient (Wildman–Crippen LogP) is 3.92. The Morgan fingerprint density at radius 1 is 1.25 bits per heavy atom. The van der Waals surface area contributed by atoms with Gasteiger partial charge in [-0.1, -0.05) is 24.4 Å². The van der Waals surface area contributed by atoms with E-state index in [4.69, 9.17) is 11.6 Å². The number of hydrogen-bond donors (Lipinski definition) is 3. The fraction of sp³-hybridized carbons (Fsp3) is 0.381. The number of halogens is 1. The Morgan fingerprint density at radius 2 is 2.00 bits per heavy atom. The van der Waals surface area contributed by atoms with Crippen LogP contribution < -0.4 is 10.6 Å². The monoisotopic (exact) mass is 397 g/mol. The average molecular weight is 398 g/mol. The molecule has 1 aliphatic rings. The zero-order valence-corrected chi connectivity index (χ0v) is 16.6. The van der Waals surface area contributed by atoms with E-state index in [2.05, 4.69) is 25.6 Å². The van der Waals surface area contributed by atoms with Gasteiger partial charge >= 0.3 is 0 Å². The highest BCUT2D eigenvalue weighted by Gasteiger charge is 2.22. The van der Waals surface area contributed by atoms with Gasteiger partial charge in [0.2, 0.25) is 0 Å². The molecule has 3 aromatic rings. The maximum atomic E-state index is 12.8. The Morgan fingerprint density at radius 3 is 2.75 bits per heavy atom. The van der Waals surface area contributed by atoms with Crippen molar-refractivity contribution in [2.75, 3.05) is 6.54 Å². The van der Waals surface area contributed by atoms with Crippen LogP contribution in [-0.2, 0) is 0 Å². The summed E-state index contributed by atoms with van der Waals surface area (Å²) in [5.41, 5.74) is 2.37. The molecule has 1 amide bonds. The molecule has 28 heavy (non-hydrogen) atoms. The van der Waals surface area contributed by atoms with Crippen molar-refractivity contribution >= 4 is 28.4 Å². The number of rotatable bonds is 6. The summed E-state index contributed by atoms with van der Waals surface area (Å²) in [7, 11) is 0. The second-order valence-electron chi connectivity index (χ2n) is 7.34. The van der Waals surface area contributed by atoms with Gasteiger partial charge < -0.3 is 15.6 Å². The van der Waals surface area contributed by atoms with Crippen LogP contribution in [0.1, 0.15) is 53.5 Å². The Labute approximate surface area is 169 Å². The van der Waals surface area contributed by atoms with Crippen molar-refractivity contribution < 1.29 is 4.79 Å². The van der Waals surface area contributed by atoms with Gasteiger partial charge in [0.25, 0.3) is 5.91 Å². The molecule has 1 aliphatic carbocycles. The lowest BCUT2D eigenvalue weighted by Crippen LogP contribution is -2.39. The molecule has 2 heterocycles. The molecule has 3 N–H and O–H groups in total. The highest BCUT2D eigenvalue weighted by molar-refractivity contribution is 6.38. The van der Waals surface area contributed by atoms with E-state index in [9.17, 15) is 4.79 Å². The van der Waals surface area contributed by atoms with Gasteiger partial charge in [0.05, 0.1) is 16.6 Å². The quantitative estimate of drug-likeness (QED) is 0.588. The maximum Gasteiger partial charge on any atom is 0.252 e. The third-order valence-electron chi connectivity index (χ3n) is 5.38. The molecule has 0 radical (unpaired) electrons. The van der Waals surface area contributed by atoms with Gasteiger partial charge in [-0.05, 0) is 38.0 Å². The number of fused-ring (bicyclic) bond motifs is 1. The number of aromatic amines is 1. The van der Waals surface area contributed by atoms with Gasteiger partial charge in [0.1, 0.15) is 5.82 Å². The van der Waals surface area contributed by atoms with E-state index < -0.39 is 0 Å². The number of nitrogens with one attached hydrogen (secondary N) is 3. The maximum absolute atomic E-state index is 12.8. The highest BCUT2D eigenvalue weighted by Crippen LogP contribution is 2.27. The highest BCUT2D eigenvalue weighted by atomic mass is 35.5. The first kappa shape index (κ1) is 18.9. The van der Waals surface area contributed by atoms with Crippen molar-refractivity contribution in [2.24, 2.45) is 0 Å². The molecule has 2 aromatic heterocycles. The van der Waals surface area contributed by atoms with Crippen molar-refractivity contribution in [1.29, 1.82) is 0 Å². The van der Waals surface area contributed by atoms with Crippen molar-refractivity contribution in [3.05, 3.63) is 58.8 Å². The number of amides is 1. The fourth-order valence-corrected chi connectivity index (χ4v) is 4.11. The van der Waals surface area contributed by atoms with Crippen LogP contribution in [0.15, 0.2) is 36.8 Å². The summed E-state index contributed by atoms with van der Waals surface area (Å²) < 4.78 is 0. The molecule has 0 spiro atoms. The average Bonchev–Trinajstić information content (AvgIpc) is 3.38. The van der Waals surface area contributed by atoms with Crippen LogP contribution in [0.2, 0.25) is 5.02 Å². The lowest BCUT2D eigenvalue weighted by molar-refractivity contribution is 0.0949. The number of aromatic nitrogens is 3. The van der Waals surface area contributed by atoms with Crippen molar-refractivity contribution in [3.63, 3.8) is 0 Å². The topological polar surface area (TPSA) is 82.7 Å². The number of carbonyl (C=O) groups is 1. The van der Waals surface area contributed by atoms with Gasteiger partial charge in [-0.15, -0.1) is 0 Å². The molecule has 4 rings (SSSR count). The number of nitrogens with zero attached hydrogens (tertiary/aromatic N) is 2. The Balaban J connectivity index is 1.49. The summed E-state index contributed by atoms with van der Waals surface area (Å²) in [6, 6.07) is 5.93. The van der Waals surface area contributed by atoms with Crippen LogP contribution in [0.5, 0.6) is 0 Å². The summed E-state index contributed by atoms with van der Waals surface area (Å²) in [5, 5.41) is 8.01. The molecule has 146 valence electrons. The summed E-state index contributed by atoms with van der Waals surface area (Å²) in [4.78, 5) is 24.5. The predicted molar refractivity (Wildman–Crippen MR) is 111 cm³/mol. The molecule has 1 unspecified atom stereocenters. The minimum Gasteiger partial charge on any atom is -0.361 e. The number of carbonyl (C=O) groups excluding carboxylic acids is 1. The third kappa shape index (κ3) is 4.03. The Hall–Kier alpha value is -2.44. The lowest BCUT2D eigenvalue weighted by atomic mass is 10.1. The second kappa shape index (κ2) is 8.29. The number of aryl methyl sites for hydroxylation is 1. The van der Waals surface area contributed by atoms with Gasteiger partial charge in [-0.25, -0.2) is 9.97 Å². The third-order valence-corrected chi connectivity index (χ3v) is 5.78. The molecule has 7 heteroatoms. The first-order valence-electron chi connectivity index (χ1n) is 9.70. The Kier molecular flexibility index (Phi) is 5.59. The van der Waals surface area contributed by atoms with Crippen LogP contribution in [0.4, 0.5) is 0 Å². The van der Waals surface area contributed by atoms with Gasteiger partial charge in [-0.3, -0.25) is 4.79 Å². The van der Waals surface area contributed by atoms with E-state index in [0.717, 1.165) is 35.1 Å². The van der Waals surface area contributed by atoms with Gasteiger partial charge in [-0.2, -0.15) is 0 Å². The number of H-pyrrole nitrogens is 1. The molecular weight excluding hydrogens is 374 g/mol. The van der Waals surface area contributed by atoms with Gasteiger partial charge in [0.15, 0.2) is 0 Å². The molecular formula is C21H24ClN5O. The van der Waals surface area contributed by atoms with Crippen molar-refractivity contribution in [1.82, 2.24) is 25.6 Å². The van der Waals surface area contributed by atoms with Crippen LogP contribution in [0, 0.1) is 6.92 Å². The fourth-order valence-electron chi connectivity index (χ4n) is 3.79. The first-order valence-corrected chi connectivity index (χ1v) is 10.1.